The number of ether oxygens (including phenoxy) is 3. The van der Waals surface area contributed by atoms with Gasteiger partial charge in [0.25, 0.3) is 0 Å². The molecule has 1 heterocycles. The predicted octanol–water partition coefficient (Wildman–Crippen LogP) is 0.502. The molecule has 1 aliphatic rings. The molecule has 0 saturated carbocycles. The highest BCUT2D eigenvalue weighted by Gasteiger charge is 2.49. The van der Waals surface area contributed by atoms with Crippen LogP contribution in [0.15, 0.2) is 0 Å². The van der Waals surface area contributed by atoms with Gasteiger partial charge >= 0.3 is 12.1 Å². The van der Waals surface area contributed by atoms with Gasteiger partial charge in [0.2, 0.25) is 0 Å². The van der Waals surface area contributed by atoms with E-state index in [0.29, 0.717) is 0 Å². The molecule has 1 unspecified atom stereocenters. The lowest BCUT2D eigenvalue weighted by molar-refractivity contribution is -0.148. The Morgan fingerprint density at radius 3 is 2.26 bits per heavy atom. The Kier molecular flexibility index (Phi) is 4.75. The van der Waals surface area contributed by atoms with E-state index < -0.39 is 36.0 Å². The number of nitrogens with zero attached hydrogens (tertiary/aromatic N) is 1. The molecule has 0 spiro atoms. The first kappa shape index (κ1) is 15.7. The van der Waals surface area contributed by atoms with Gasteiger partial charge in [0.1, 0.15) is 17.7 Å². The van der Waals surface area contributed by atoms with Crippen LogP contribution in [-0.2, 0) is 19.0 Å². The molecule has 1 fully saturated rings. The van der Waals surface area contributed by atoms with E-state index in [0.717, 1.165) is 4.90 Å². The van der Waals surface area contributed by atoms with Crippen molar-refractivity contribution in [2.75, 3.05) is 14.2 Å². The molecule has 110 valence electrons. The topological polar surface area (TPSA) is 85.3 Å². The van der Waals surface area contributed by atoms with Gasteiger partial charge in [-0.25, -0.2) is 9.59 Å². The Hall–Kier alpha value is -1.34. The number of likely N-dealkylation sites (tertiary alicyclic amines) is 1. The van der Waals surface area contributed by atoms with Crippen molar-refractivity contribution in [3.05, 3.63) is 0 Å². The summed E-state index contributed by atoms with van der Waals surface area (Å²) in [5.41, 5.74) is -0.705. The van der Waals surface area contributed by atoms with E-state index in [-0.39, 0.29) is 6.42 Å². The average Bonchev–Trinajstić information content (AvgIpc) is 2.62. The van der Waals surface area contributed by atoms with E-state index in [9.17, 15) is 14.7 Å². The SMILES string of the molecule is COC(=O)[C@@H]1C[C@@H](O)C(OC)N1C(=O)OC(C)(C)C. The molecule has 0 aliphatic carbocycles. The molecule has 0 radical (unpaired) electrons. The van der Waals surface area contributed by atoms with Crippen molar-refractivity contribution in [1.29, 1.82) is 0 Å². The van der Waals surface area contributed by atoms with E-state index in [1.807, 2.05) is 0 Å². The number of esters is 1. The van der Waals surface area contributed by atoms with Crippen LogP contribution < -0.4 is 0 Å². The Labute approximate surface area is 112 Å². The zero-order valence-corrected chi connectivity index (χ0v) is 11.9. The number of carbonyl (C=O) groups is 2. The van der Waals surface area contributed by atoms with Gasteiger partial charge in [-0.05, 0) is 20.8 Å². The van der Waals surface area contributed by atoms with Crippen LogP contribution in [0.3, 0.4) is 0 Å². The summed E-state index contributed by atoms with van der Waals surface area (Å²) in [4.78, 5) is 24.9. The Balaban J connectivity index is 2.95. The number of amides is 1. The summed E-state index contributed by atoms with van der Waals surface area (Å²) in [7, 11) is 2.58. The summed E-state index contributed by atoms with van der Waals surface area (Å²) >= 11 is 0. The normalized spacial score (nSPS) is 27.3. The third-order valence-corrected chi connectivity index (χ3v) is 2.72. The van der Waals surface area contributed by atoms with Gasteiger partial charge in [-0.15, -0.1) is 0 Å². The lowest BCUT2D eigenvalue weighted by atomic mass is 10.2. The summed E-state index contributed by atoms with van der Waals surface area (Å²) < 4.78 is 14.9. The van der Waals surface area contributed by atoms with Crippen molar-refractivity contribution >= 4 is 12.1 Å². The number of methoxy groups -OCH3 is 2. The van der Waals surface area contributed by atoms with Gasteiger partial charge in [-0.2, -0.15) is 0 Å². The maximum absolute atomic E-state index is 12.1. The molecule has 19 heavy (non-hydrogen) atoms. The third kappa shape index (κ3) is 3.57. The summed E-state index contributed by atoms with van der Waals surface area (Å²) in [5, 5.41) is 9.84. The minimum atomic E-state index is -0.957. The predicted molar refractivity (Wildman–Crippen MR) is 65.3 cm³/mol. The smallest absolute Gasteiger partial charge is 0.413 e. The molecule has 1 rings (SSSR count). The standard InChI is InChI=1S/C12H21NO6/c1-12(2,3)19-11(16)13-7(10(15)18-5)6-8(14)9(13)17-4/h7-9,14H,6H2,1-5H3/t7-,8+,9?/m0/s1. The Morgan fingerprint density at radius 1 is 1.26 bits per heavy atom. The highest BCUT2D eigenvalue weighted by Crippen LogP contribution is 2.28. The van der Waals surface area contributed by atoms with Crippen LogP contribution >= 0.6 is 0 Å². The van der Waals surface area contributed by atoms with E-state index in [1.54, 1.807) is 20.8 Å². The van der Waals surface area contributed by atoms with Gasteiger partial charge in [-0.3, -0.25) is 4.90 Å². The van der Waals surface area contributed by atoms with Gasteiger partial charge < -0.3 is 19.3 Å². The average molecular weight is 275 g/mol. The van der Waals surface area contributed by atoms with Crippen molar-refractivity contribution in [2.24, 2.45) is 0 Å². The molecular formula is C12H21NO6. The maximum atomic E-state index is 12.1. The van der Waals surface area contributed by atoms with E-state index in [2.05, 4.69) is 4.74 Å². The van der Waals surface area contributed by atoms with Gasteiger partial charge in [0.15, 0.2) is 6.23 Å². The number of hydrogen-bond acceptors (Lipinski definition) is 6. The lowest BCUT2D eigenvalue weighted by Gasteiger charge is -2.30. The van der Waals surface area contributed by atoms with Gasteiger partial charge in [-0.1, -0.05) is 0 Å². The van der Waals surface area contributed by atoms with Gasteiger partial charge in [0, 0.05) is 13.5 Å². The van der Waals surface area contributed by atoms with Crippen molar-refractivity contribution in [3.63, 3.8) is 0 Å². The van der Waals surface area contributed by atoms with Crippen molar-refractivity contribution in [1.82, 2.24) is 4.90 Å². The van der Waals surface area contributed by atoms with Crippen molar-refractivity contribution < 1.29 is 28.9 Å². The first-order chi connectivity index (χ1) is 8.71. The van der Waals surface area contributed by atoms with Gasteiger partial charge in [0.05, 0.1) is 7.11 Å². The summed E-state index contributed by atoms with van der Waals surface area (Å²) in [5.74, 6) is -0.607. The van der Waals surface area contributed by atoms with Crippen LogP contribution in [0.25, 0.3) is 0 Å². The molecule has 7 nitrogen and oxygen atoms in total. The molecule has 3 atom stereocenters. The highest BCUT2D eigenvalue weighted by molar-refractivity contribution is 5.82. The first-order valence-electron chi connectivity index (χ1n) is 6.01. The molecule has 1 amide bonds. The van der Waals surface area contributed by atoms with E-state index in [1.165, 1.54) is 14.2 Å². The largest absolute Gasteiger partial charge is 0.467 e. The second-order valence-electron chi connectivity index (χ2n) is 5.36. The summed E-state index contributed by atoms with van der Waals surface area (Å²) in [6.07, 6.45) is -2.53. The molecule has 0 aromatic rings. The molecule has 0 bridgehead atoms. The van der Waals surface area contributed by atoms with E-state index >= 15 is 0 Å². The maximum Gasteiger partial charge on any atom is 0.413 e. The van der Waals surface area contributed by atoms with E-state index in [4.69, 9.17) is 9.47 Å². The van der Waals surface area contributed by atoms with Crippen LogP contribution in [0.5, 0.6) is 0 Å². The monoisotopic (exact) mass is 275 g/mol. The molecule has 7 heteroatoms. The van der Waals surface area contributed by atoms with Crippen LogP contribution in [0.4, 0.5) is 4.79 Å². The molecular weight excluding hydrogens is 254 g/mol. The Bertz CT molecular complexity index is 351. The van der Waals surface area contributed by atoms with Crippen LogP contribution in [0, 0.1) is 0 Å². The quantitative estimate of drug-likeness (QED) is 0.739. The van der Waals surface area contributed by atoms with Crippen molar-refractivity contribution in [3.8, 4) is 0 Å². The minimum Gasteiger partial charge on any atom is -0.467 e. The fourth-order valence-corrected chi connectivity index (χ4v) is 1.98. The number of rotatable bonds is 2. The molecule has 0 aromatic heterocycles. The summed E-state index contributed by atoms with van der Waals surface area (Å²) in [6.45, 7) is 5.14. The van der Waals surface area contributed by atoms with Crippen LogP contribution in [0.1, 0.15) is 27.2 Å². The zero-order chi connectivity index (χ0) is 14.8. The van der Waals surface area contributed by atoms with Crippen LogP contribution in [0.2, 0.25) is 0 Å². The van der Waals surface area contributed by atoms with Crippen molar-refractivity contribution in [2.45, 2.75) is 51.2 Å². The second kappa shape index (κ2) is 5.75. The molecule has 1 saturated heterocycles. The molecule has 1 aliphatic heterocycles. The molecule has 1 N–H and O–H groups in total. The highest BCUT2D eigenvalue weighted by atomic mass is 16.6. The molecule has 0 aromatic carbocycles. The zero-order valence-electron chi connectivity index (χ0n) is 11.9. The minimum absolute atomic E-state index is 0.0599. The fourth-order valence-electron chi connectivity index (χ4n) is 1.98. The Morgan fingerprint density at radius 2 is 1.84 bits per heavy atom. The third-order valence-electron chi connectivity index (χ3n) is 2.72. The fraction of sp³-hybridized carbons (Fsp3) is 0.833. The second-order valence-corrected chi connectivity index (χ2v) is 5.36. The number of carbonyl (C=O) groups excluding carboxylic acids is 2. The number of aliphatic hydroxyl groups excluding tert-OH is 1. The first-order valence-corrected chi connectivity index (χ1v) is 6.01. The van der Waals surface area contributed by atoms with Crippen LogP contribution in [-0.4, -0.2) is 60.3 Å². The number of aliphatic hydroxyl groups is 1. The number of hydrogen-bond donors (Lipinski definition) is 1. The summed E-state index contributed by atoms with van der Waals surface area (Å²) in [6, 6.07) is -0.903. The lowest BCUT2D eigenvalue weighted by Crippen LogP contribution is -2.49.